The highest BCUT2D eigenvalue weighted by atomic mass is 31.1. The Kier molecular flexibility index (Phi) is 13.4. The van der Waals surface area contributed by atoms with Crippen molar-refractivity contribution >= 4 is 29.6 Å². The Morgan fingerprint density at radius 1 is 0.373 bits per heavy atom. The van der Waals surface area contributed by atoms with Crippen LogP contribution in [0.15, 0.2) is 66.7 Å². The molecule has 4 rings (SSSR count). The Bertz CT molecular complexity index is 1650. The third-order valence-electron chi connectivity index (χ3n) is 10.6. The molecule has 2 heteroatoms. The Balaban J connectivity index is 2.36. The van der Waals surface area contributed by atoms with E-state index >= 15 is 0 Å². The first-order chi connectivity index (χ1) is 23.9. The minimum atomic E-state index is -1.03. The van der Waals surface area contributed by atoms with Gasteiger partial charge in [0, 0.05) is 11.1 Å². The first-order valence-corrected chi connectivity index (χ1v) is 21.1. The summed E-state index contributed by atoms with van der Waals surface area (Å²) in [7, 11) is -1.03. The Hall–Kier alpha value is -3.02. The molecule has 0 amide bonds. The molecule has 0 N–H and O–H groups in total. The molecule has 4 aromatic rings. The third-order valence-corrected chi connectivity index (χ3v) is 13.5. The predicted molar refractivity (Wildman–Crippen MR) is 228 cm³/mol. The lowest BCUT2D eigenvalue weighted by Gasteiger charge is -2.37. The molecule has 4 aromatic carbocycles. The van der Waals surface area contributed by atoms with Gasteiger partial charge in [-0.05, 0) is 128 Å². The smallest absolute Gasteiger partial charge is 0.193 e. The second-order valence-corrected chi connectivity index (χ2v) is 19.4. The summed E-state index contributed by atoms with van der Waals surface area (Å²) in [5, 5.41) is 4.57. The number of rotatable bonds is 13. The molecule has 274 valence electrons. The van der Waals surface area contributed by atoms with E-state index in [0.717, 1.165) is 11.1 Å². The van der Waals surface area contributed by atoms with E-state index in [4.69, 9.17) is 0 Å². The molecule has 0 spiro atoms. The number of hydrogen-bond donors (Lipinski definition) is 0. The number of carbonyl (C=O) groups excluding carboxylic acids is 1. The van der Waals surface area contributed by atoms with Gasteiger partial charge in [0.05, 0.1) is 0 Å². The van der Waals surface area contributed by atoms with Crippen molar-refractivity contribution in [3.63, 3.8) is 0 Å². The van der Waals surface area contributed by atoms with E-state index in [1.165, 1.54) is 49.8 Å². The summed E-state index contributed by atoms with van der Waals surface area (Å²) in [6, 6.07) is 24.6. The standard InChI is InChI=1S/C49H67OP/c1-28(2)37-22-40(30(5)6)47(41(23-37)31(7)8)51(48-42(32(9)10)24-38(29(3)4)25-43(48)33(11)12)49-44(34(13)14)26-39(27-45(49)35(15)16)46(50)36-20-18-17-19-21-36/h17-35H,1-16H3. The highest BCUT2D eigenvalue weighted by Gasteiger charge is 2.35. The molecule has 0 heterocycles. The molecule has 0 bridgehead atoms. The second-order valence-electron chi connectivity index (χ2n) is 17.4. The van der Waals surface area contributed by atoms with E-state index in [1.54, 1.807) is 10.6 Å². The average Bonchev–Trinajstić information content (AvgIpc) is 3.07. The molecule has 0 aliphatic rings. The maximum atomic E-state index is 14.2. The summed E-state index contributed by atoms with van der Waals surface area (Å²) in [6.45, 7) is 37.8. The lowest BCUT2D eigenvalue weighted by Crippen LogP contribution is -2.35. The van der Waals surface area contributed by atoms with Gasteiger partial charge in [0.2, 0.25) is 0 Å². The highest BCUT2D eigenvalue weighted by molar-refractivity contribution is 7.80. The van der Waals surface area contributed by atoms with E-state index in [9.17, 15) is 4.79 Å². The van der Waals surface area contributed by atoms with Crippen LogP contribution in [0, 0.1) is 0 Å². The molecule has 0 saturated carbocycles. The van der Waals surface area contributed by atoms with Crippen molar-refractivity contribution < 1.29 is 4.79 Å². The molecule has 0 aliphatic carbocycles. The van der Waals surface area contributed by atoms with E-state index in [1.807, 2.05) is 30.3 Å². The fourth-order valence-corrected chi connectivity index (χ4v) is 11.5. The van der Waals surface area contributed by atoms with E-state index in [-0.39, 0.29) is 17.6 Å². The van der Waals surface area contributed by atoms with Gasteiger partial charge < -0.3 is 0 Å². The van der Waals surface area contributed by atoms with Crippen LogP contribution in [0.5, 0.6) is 0 Å². The van der Waals surface area contributed by atoms with Crippen LogP contribution in [0.25, 0.3) is 0 Å². The number of hydrogen-bond acceptors (Lipinski definition) is 1. The van der Waals surface area contributed by atoms with Crippen LogP contribution in [-0.2, 0) is 0 Å². The lowest BCUT2D eigenvalue weighted by atomic mass is 9.89. The van der Waals surface area contributed by atoms with E-state index in [0.29, 0.717) is 35.5 Å². The van der Waals surface area contributed by atoms with Crippen molar-refractivity contribution in [2.75, 3.05) is 0 Å². The number of carbonyl (C=O) groups is 1. The molecule has 0 aromatic heterocycles. The van der Waals surface area contributed by atoms with E-state index in [2.05, 4.69) is 147 Å². The van der Waals surface area contributed by atoms with Crippen molar-refractivity contribution in [1.29, 1.82) is 0 Å². The van der Waals surface area contributed by atoms with Crippen LogP contribution in [0.1, 0.15) is 219 Å². The molecule has 0 aliphatic heterocycles. The molecule has 0 unspecified atom stereocenters. The van der Waals surface area contributed by atoms with Gasteiger partial charge in [0.1, 0.15) is 0 Å². The zero-order valence-electron chi connectivity index (χ0n) is 34.8. The van der Waals surface area contributed by atoms with Gasteiger partial charge in [-0.3, -0.25) is 4.79 Å². The zero-order valence-corrected chi connectivity index (χ0v) is 35.7. The first-order valence-electron chi connectivity index (χ1n) is 19.8. The Labute approximate surface area is 313 Å². The normalized spacial score (nSPS) is 12.4. The van der Waals surface area contributed by atoms with Crippen LogP contribution in [0.4, 0.5) is 0 Å². The molecule has 0 atom stereocenters. The van der Waals surface area contributed by atoms with Crippen LogP contribution in [0.2, 0.25) is 0 Å². The topological polar surface area (TPSA) is 17.1 Å². The average molecular weight is 703 g/mol. The van der Waals surface area contributed by atoms with Gasteiger partial charge in [-0.25, -0.2) is 0 Å². The maximum Gasteiger partial charge on any atom is 0.193 e. The van der Waals surface area contributed by atoms with Gasteiger partial charge in [-0.15, -0.1) is 0 Å². The summed E-state index contributed by atoms with van der Waals surface area (Å²) < 4.78 is 0. The molecule has 0 saturated heterocycles. The summed E-state index contributed by atoms with van der Waals surface area (Å²) in [5.41, 5.74) is 13.0. The molecule has 1 nitrogen and oxygen atoms in total. The predicted octanol–water partition coefficient (Wildman–Crippen LogP) is 13.7. The van der Waals surface area contributed by atoms with Crippen LogP contribution >= 0.6 is 7.92 Å². The zero-order chi connectivity index (χ0) is 38.1. The van der Waals surface area contributed by atoms with Gasteiger partial charge in [-0.1, -0.05) is 165 Å². The van der Waals surface area contributed by atoms with Crippen molar-refractivity contribution in [2.24, 2.45) is 0 Å². The number of benzene rings is 4. The van der Waals surface area contributed by atoms with Crippen LogP contribution < -0.4 is 15.9 Å². The summed E-state index contributed by atoms with van der Waals surface area (Å²) >= 11 is 0. The van der Waals surface area contributed by atoms with E-state index < -0.39 is 7.92 Å². The highest BCUT2D eigenvalue weighted by Crippen LogP contribution is 2.48. The molecular formula is C49H67OP. The SMILES string of the molecule is CC(C)c1cc(C(C)C)c(P(c2c(C(C)C)cc(C(=O)c3ccccc3)cc2C(C)C)c2c(C(C)C)cc(C(C)C)cc2C(C)C)c(C(C)C)c1. The number of ketones is 1. The van der Waals surface area contributed by atoms with Crippen molar-refractivity contribution in [3.05, 3.63) is 122 Å². The van der Waals surface area contributed by atoms with Gasteiger partial charge in [-0.2, -0.15) is 0 Å². The molecule has 0 radical (unpaired) electrons. The van der Waals surface area contributed by atoms with Crippen molar-refractivity contribution in [3.8, 4) is 0 Å². The molecule has 51 heavy (non-hydrogen) atoms. The van der Waals surface area contributed by atoms with Crippen molar-refractivity contribution in [1.82, 2.24) is 0 Å². The Morgan fingerprint density at radius 2 is 0.647 bits per heavy atom. The fourth-order valence-electron chi connectivity index (χ4n) is 7.39. The van der Waals surface area contributed by atoms with Gasteiger partial charge >= 0.3 is 0 Å². The van der Waals surface area contributed by atoms with Crippen molar-refractivity contribution in [2.45, 2.75) is 158 Å². The molecular weight excluding hydrogens is 636 g/mol. The summed E-state index contributed by atoms with van der Waals surface area (Å²) in [5.74, 6) is 2.95. The Morgan fingerprint density at radius 3 is 0.902 bits per heavy atom. The second kappa shape index (κ2) is 16.8. The van der Waals surface area contributed by atoms with Gasteiger partial charge in [0.15, 0.2) is 5.78 Å². The minimum Gasteiger partial charge on any atom is -0.289 e. The molecule has 0 fully saturated rings. The van der Waals surface area contributed by atoms with Crippen LogP contribution in [-0.4, -0.2) is 5.78 Å². The third kappa shape index (κ3) is 8.62. The summed E-state index contributed by atoms with van der Waals surface area (Å²) in [4.78, 5) is 14.2. The largest absolute Gasteiger partial charge is 0.289 e. The summed E-state index contributed by atoms with van der Waals surface area (Å²) in [6.07, 6.45) is 0. The van der Waals surface area contributed by atoms with Gasteiger partial charge in [0.25, 0.3) is 0 Å². The van der Waals surface area contributed by atoms with Crippen LogP contribution in [0.3, 0.4) is 0 Å². The maximum absolute atomic E-state index is 14.2. The fraction of sp³-hybridized carbons (Fsp3) is 0.490. The monoisotopic (exact) mass is 702 g/mol. The lowest BCUT2D eigenvalue weighted by molar-refractivity contribution is 0.103. The quantitative estimate of drug-likeness (QED) is 0.100. The first kappa shape index (κ1) is 40.7. The minimum absolute atomic E-state index is 0.106.